The van der Waals surface area contributed by atoms with Crippen LogP contribution in [0.5, 0.6) is 0 Å². The molecule has 0 aliphatic rings. The van der Waals surface area contributed by atoms with E-state index in [1.165, 1.54) is 22.3 Å². The largest absolute Gasteiger partial charge is 0.403 e. The van der Waals surface area contributed by atoms with Crippen LogP contribution in [0.15, 0.2) is 48.5 Å². The molecule has 2 aromatic rings. The van der Waals surface area contributed by atoms with E-state index in [9.17, 15) is 0 Å². The first-order chi connectivity index (χ1) is 14.8. The first kappa shape index (κ1) is 27.0. The van der Waals surface area contributed by atoms with E-state index in [1.807, 2.05) is 0 Å². The van der Waals surface area contributed by atoms with Gasteiger partial charge in [0.05, 0.1) is 0 Å². The molecule has 0 unspecified atom stereocenters. The molecule has 0 atom stereocenters. The van der Waals surface area contributed by atoms with Crippen molar-refractivity contribution in [2.45, 2.75) is 96.8 Å². The van der Waals surface area contributed by atoms with Gasteiger partial charge in [-0.1, -0.05) is 109 Å². The normalized spacial score (nSPS) is 13.1. The van der Waals surface area contributed by atoms with Crippen LogP contribution >= 0.6 is 7.94 Å². The lowest BCUT2D eigenvalue weighted by Gasteiger charge is -2.32. The zero-order valence-electron chi connectivity index (χ0n) is 20.9. The first-order valence-electron chi connectivity index (χ1n) is 12.1. The summed E-state index contributed by atoms with van der Waals surface area (Å²) in [6.45, 7) is 13.8. The fraction of sp³-hybridized carbons (Fsp3) is 0.571. The molecule has 0 fully saturated rings. The van der Waals surface area contributed by atoms with Crippen molar-refractivity contribution in [1.82, 2.24) is 0 Å². The van der Waals surface area contributed by atoms with Crippen molar-refractivity contribution in [2.75, 3.05) is 6.16 Å². The molecule has 4 heteroatoms. The molecule has 0 radical (unpaired) electrons. The summed E-state index contributed by atoms with van der Waals surface area (Å²) in [6.07, 6.45) is 6.09. The molecule has 0 heterocycles. The van der Waals surface area contributed by atoms with Crippen molar-refractivity contribution in [1.29, 1.82) is 0 Å². The Bertz CT molecular complexity index is 783. The monoisotopic (exact) mass is 459 g/mol. The van der Waals surface area contributed by atoms with Crippen molar-refractivity contribution in [3.63, 3.8) is 0 Å². The number of hydrogen-bond acceptors (Lipinski definition) is 3. The van der Waals surface area contributed by atoms with Gasteiger partial charge in [-0.25, -0.2) is 0 Å². The fourth-order valence-electron chi connectivity index (χ4n) is 4.65. The Morgan fingerprint density at radius 1 is 0.625 bits per heavy atom. The van der Waals surface area contributed by atoms with E-state index in [0.717, 1.165) is 32.1 Å². The summed E-state index contributed by atoms with van der Waals surface area (Å²) >= 11 is 0. The molecule has 0 spiro atoms. The maximum Gasteiger partial charge on any atom is 0.403 e. The number of rotatable bonds is 10. The van der Waals surface area contributed by atoms with Gasteiger partial charge in [0.15, 0.2) is 0 Å². The molecule has 32 heavy (non-hydrogen) atoms. The summed E-state index contributed by atoms with van der Waals surface area (Å²) in [5.41, 5.74) is 5.88. The summed E-state index contributed by atoms with van der Waals surface area (Å²) in [5, 5.41) is 0. The Morgan fingerprint density at radius 3 is 1.47 bits per heavy atom. The van der Waals surface area contributed by atoms with Crippen LogP contribution in [0.2, 0.25) is 0 Å². The van der Waals surface area contributed by atoms with E-state index in [-0.39, 0.29) is 17.0 Å². The lowest BCUT2D eigenvalue weighted by molar-refractivity contribution is 0.328. The summed E-state index contributed by atoms with van der Waals surface area (Å²) < 4.78 is 0. The number of benzene rings is 2. The molecular formula is C28H44O3P+. The van der Waals surface area contributed by atoms with E-state index in [2.05, 4.69) is 90.1 Å². The third-order valence-electron chi connectivity index (χ3n) is 6.24. The van der Waals surface area contributed by atoms with Crippen LogP contribution in [0, 0.1) is 0 Å². The smallest absolute Gasteiger partial charge is 0.193 e. The van der Waals surface area contributed by atoms with Gasteiger partial charge in [0.2, 0.25) is 0 Å². The zero-order chi connectivity index (χ0) is 24.0. The Hall–Kier alpha value is -1.25. The molecule has 0 bridgehead atoms. The first-order valence-corrected chi connectivity index (χ1v) is 13.9. The quantitative estimate of drug-likeness (QED) is 0.255. The maximum atomic E-state index is 9.15. The van der Waals surface area contributed by atoms with Gasteiger partial charge in [-0.05, 0) is 52.3 Å². The average molecular weight is 460 g/mol. The summed E-state index contributed by atoms with van der Waals surface area (Å²) in [6, 6.07) is 17.9. The Kier molecular flexibility index (Phi) is 9.49. The second-order valence-electron chi connectivity index (χ2n) is 11.2. The van der Waals surface area contributed by atoms with Crippen molar-refractivity contribution < 1.29 is 14.7 Å². The van der Waals surface area contributed by atoms with Crippen LogP contribution in [-0.2, 0) is 10.8 Å². The van der Waals surface area contributed by atoms with Gasteiger partial charge in [0.1, 0.15) is 6.16 Å². The zero-order valence-corrected chi connectivity index (χ0v) is 21.8. The van der Waals surface area contributed by atoms with Crippen LogP contribution in [0.3, 0.4) is 0 Å². The highest BCUT2D eigenvalue weighted by Gasteiger charge is 2.29. The van der Waals surface area contributed by atoms with Crippen LogP contribution in [0.25, 0.3) is 0 Å². The molecule has 0 saturated carbocycles. The van der Waals surface area contributed by atoms with E-state index >= 15 is 0 Å². The van der Waals surface area contributed by atoms with Gasteiger partial charge in [0, 0.05) is 5.92 Å². The molecule has 0 aromatic heterocycles. The van der Waals surface area contributed by atoms with Crippen molar-refractivity contribution in [3.8, 4) is 0 Å². The highest BCUT2D eigenvalue weighted by atomic mass is 31.2. The SMILES string of the molecule is CC(C)(C)c1ccccc1C(CCCCCCC[P+](O)(O)O)c1ccccc1C(C)(C)C. The molecule has 3 nitrogen and oxygen atoms in total. The molecule has 2 rings (SSSR count). The number of hydrogen-bond donors (Lipinski definition) is 3. The molecule has 3 N–H and O–H groups in total. The van der Waals surface area contributed by atoms with Crippen molar-refractivity contribution in [2.24, 2.45) is 0 Å². The van der Waals surface area contributed by atoms with E-state index in [1.54, 1.807) is 0 Å². The third kappa shape index (κ3) is 8.27. The number of unbranched alkanes of at least 4 members (excludes halogenated alkanes) is 4. The Labute approximate surface area is 196 Å². The van der Waals surface area contributed by atoms with Gasteiger partial charge in [-0.3, -0.25) is 0 Å². The predicted octanol–water partition coefficient (Wildman–Crippen LogP) is 7.49. The van der Waals surface area contributed by atoms with Crippen LogP contribution < -0.4 is 0 Å². The summed E-state index contributed by atoms with van der Waals surface area (Å²) in [7, 11) is -3.61. The third-order valence-corrected chi connectivity index (χ3v) is 7.16. The van der Waals surface area contributed by atoms with Gasteiger partial charge in [0.25, 0.3) is 0 Å². The summed E-state index contributed by atoms with van der Waals surface area (Å²) in [5.74, 6) is 0.353. The molecule has 0 aliphatic heterocycles. The van der Waals surface area contributed by atoms with E-state index in [0.29, 0.717) is 12.3 Å². The lowest BCUT2D eigenvalue weighted by atomic mass is 9.73. The van der Waals surface area contributed by atoms with E-state index < -0.39 is 7.94 Å². The van der Waals surface area contributed by atoms with Crippen molar-refractivity contribution >= 4 is 7.94 Å². The molecule has 0 aliphatic carbocycles. The summed E-state index contributed by atoms with van der Waals surface area (Å²) in [4.78, 5) is 27.5. The Morgan fingerprint density at radius 2 is 1.03 bits per heavy atom. The fourth-order valence-corrected chi connectivity index (χ4v) is 5.30. The second kappa shape index (κ2) is 11.3. The molecule has 178 valence electrons. The topological polar surface area (TPSA) is 60.7 Å². The minimum Gasteiger partial charge on any atom is -0.193 e. The molecular weight excluding hydrogens is 415 g/mol. The standard InChI is InChI=1S/C28H44O3P/c1-27(2,3)25-19-13-11-17-23(25)22(16-10-8-7-9-15-21-32(29,30)31)24-18-12-14-20-26(24)28(4,5)6/h11-14,17-20,22,29-31H,7-10,15-16,21H2,1-6H3/q+1. The van der Waals surface area contributed by atoms with Crippen LogP contribution in [0.4, 0.5) is 0 Å². The molecule has 0 saturated heterocycles. The van der Waals surface area contributed by atoms with Gasteiger partial charge in [-0.15, -0.1) is 0 Å². The van der Waals surface area contributed by atoms with E-state index in [4.69, 9.17) is 14.7 Å². The average Bonchev–Trinajstić information content (AvgIpc) is 2.68. The van der Waals surface area contributed by atoms with Crippen molar-refractivity contribution in [3.05, 3.63) is 70.8 Å². The van der Waals surface area contributed by atoms with Crippen LogP contribution in [0.1, 0.15) is 108 Å². The van der Waals surface area contributed by atoms with Gasteiger partial charge in [-0.2, -0.15) is 14.7 Å². The highest BCUT2D eigenvalue weighted by molar-refractivity contribution is 7.58. The maximum absolute atomic E-state index is 9.15. The minimum absolute atomic E-state index is 0.0833. The second-order valence-corrected chi connectivity index (χ2v) is 13.0. The molecule has 2 aromatic carbocycles. The van der Waals surface area contributed by atoms with Gasteiger partial charge >= 0.3 is 7.94 Å². The Balaban J connectivity index is 2.26. The van der Waals surface area contributed by atoms with Gasteiger partial charge < -0.3 is 0 Å². The van der Waals surface area contributed by atoms with Crippen LogP contribution in [-0.4, -0.2) is 20.8 Å². The minimum atomic E-state index is -3.61. The molecule has 0 amide bonds. The highest BCUT2D eigenvalue weighted by Crippen LogP contribution is 2.45. The lowest BCUT2D eigenvalue weighted by Crippen LogP contribution is -2.20. The predicted molar refractivity (Wildman–Crippen MR) is 138 cm³/mol.